The standard InChI is InChI=1S/C22H36O3S/c1-3-4-5-6-7-8-9-10-11-12-13-14-15-20-25-26(23,24)22-18-16-21(2)17-19-22/h3,16-19H,1,4-15,20H2,2H3. The Hall–Kier alpha value is -1.13. The zero-order valence-corrected chi connectivity index (χ0v) is 17.2. The van der Waals surface area contributed by atoms with E-state index in [-0.39, 0.29) is 11.5 Å². The molecule has 148 valence electrons. The SMILES string of the molecule is C=CCCCCCCCCCCCCCOS(=O)(=O)c1ccc(C)cc1. The van der Waals surface area contributed by atoms with Gasteiger partial charge in [0.1, 0.15) is 0 Å². The number of aryl methyl sites for hydroxylation is 1. The molecule has 0 saturated heterocycles. The molecule has 0 aliphatic heterocycles. The Labute approximate surface area is 161 Å². The molecule has 26 heavy (non-hydrogen) atoms. The molecule has 1 rings (SSSR count). The third kappa shape index (κ3) is 10.8. The van der Waals surface area contributed by atoms with E-state index in [0.717, 1.165) is 31.2 Å². The monoisotopic (exact) mass is 380 g/mol. The average molecular weight is 381 g/mol. The lowest BCUT2D eigenvalue weighted by Crippen LogP contribution is -2.07. The molecular formula is C22H36O3S. The fraction of sp³-hybridized carbons (Fsp3) is 0.636. The smallest absolute Gasteiger partial charge is 0.266 e. The molecule has 0 spiro atoms. The molecule has 0 radical (unpaired) electrons. The highest BCUT2D eigenvalue weighted by Crippen LogP contribution is 2.15. The van der Waals surface area contributed by atoms with Crippen LogP contribution in [0, 0.1) is 6.92 Å². The van der Waals surface area contributed by atoms with E-state index in [4.69, 9.17) is 4.18 Å². The first-order valence-corrected chi connectivity index (χ1v) is 11.5. The summed E-state index contributed by atoms with van der Waals surface area (Å²) in [6, 6.07) is 6.78. The second-order valence-corrected chi connectivity index (χ2v) is 8.67. The summed E-state index contributed by atoms with van der Waals surface area (Å²) in [7, 11) is -3.60. The minimum atomic E-state index is -3.60. The third-order valence-electron chi connectivity index (χ3n) is 4.60. The van der Waals surface area contributed by atoms with Crippen molar-refractivity contribution in [2.75, 3.05) is 6.61 Å². The van der Waals surface area contributed by atoms with E-state index in [0.29, 0.717) is 0 Å². The van der Waals surface area contributed by atoms with Crippen molar-refractivity contribution in [1.29, 1.82) is 0 Å². The summed E-state index contributed by atoms with van der Waals surface area (Å²) in [6.07, 6.45) is 16.6. The van der Waals surface area contributed by atoms with Gasteiger partial charge in [0.25, 0.3) is 10.1 Å². The second-order valence-electron chi connectivity index (χ2n) is 7.06. The van der Waals surface area contributed by atoms with Crippen LogP contribution in [-0.4, -0.2) is 15.0 Å². The predicted molar refractivity (Wildman–Crippen MR) is 110 cm³/mol. The van der Waals surface area contributed by atoms with Crippen molar-refractivity contribution in [2.24, 2.45) is 0 Å². The molecule has 0 saturated carbocycles. The summed E-state index contributed by atoms with van der Waals surface area (Å²) in [5.41, 5.74) is 1.04. The molecule has 0 atom stereocenters. The molecule has 0 bridgehead atoms. The Bertz CT molecular complexity index is 576. The van der Waals surface area contributed by atoms with Crippen LogP contribution < -0.4 is 0 Å². The molecule has 1 aromatic rings. The van der Waals surface area contributed by atoms with Gasteiger partial charge >= 0.3 is 0 Å². The van der Waals surface area contributed by atoms with Crippen LogP contribution in [0.3, 0.4) is 0 Å². The van der Waals surface area contributed by atoms with Crippen LogP contribution in [-0.2, 0) is 14.3 Å². The summed E-state index contributed by atoms with van der Waals surface area (Å²) >= 11 is 0. The Morgan fingerprint density at radius 1 is 0.808 bits per heavy atom. The van der Waals surface area contributed by atoms with Gasteiger partial charge in [0.05, 0.1) is 11.5 Å². The fourth-order valence-electron chi connectivity index (χ4n) is 2.92. The van der Waals surface area contributed by atoms with Crippen LogP contribution in [0.25, 0.3) is 0 Å². The van der Waals surface area contributed by atoms with E-state index in [1.54, 1.807) is 24.3 Å². The van der Waals surface area contributed by atoms with Gasteiger partial charge in [-0.3, -0.25) is 4.18 Å². The molecule has 0 fully saturated rings. The van der Waals surface area contributed by atoms with Gasteiger partial charge in [-0.2, -0.15) is 8.42 Å². The lowest BCUT2D eigenvalue weighted by Gasteiger charge is -2.06. The molecular weight excluding hydrogens is 344 g/mol. The minimum Gasteiger partial charge on any atom is -0.266 e. The zero-order chi connectivity index (χ0) is 19.1. The van der Waals surface area contributed by atoms with E-state index < -0.39 is 10.1 Å². The topological polar surface area (TPSA) is 43.4 Å². The maximum atomic E-state index is 12.0. The van der Waals surface area contributed by atoms with E-state index in [9.17, 15) is 8.42 Å². The van der Waals surface area contributed by atoms with Gasteiger partial charge < -0.3 is 0 Å². The summed E-state index contributed by atoms with van der Waals surface area (Å²) in [5, 5.41) is 0. The van der Waals surface area contributed by atoms with Crippen molar-refractivity contribution in [2.45, 2.75) is 88.9 Å². The summed E-state index contributed by atoms with van der Waals surface area (Å²) in [4.78, 5) is 0.243. The highest BCUT2D eigenvalue weighted by atomic mass is 32.2. The summed E-state index contributed by atoms with van der Waals surface area (Å²) in [6.45, 7) is 5.96. The van der Waals surface area contributed by atoms with Crippen LogP contribution in [0.15, 0.2) is 41.8 Å². The van der Waals surface area contributed by atoms with Crippen molar-refractivity contribution >= 4 is 10.1 Å². The molecule has 3 nitrogen and oxygen atoms in total. The average Bonchev–Trinajstić information content (AvgIpc) is 2.62. The highest BCUT2D eigenvalue weighted by Gasteiger charge is 2.14. The number of hydrogen-bond donors (Lipinski definition) is 0. The summed E-state index contributed by atoms with van der Waals surface area (Å²) < 4.78 is 29.2. The maximum Gasteiger partial charge on any atom is 0.296 e. The van der Waals surface area contributed by atoms with Gasteiger partial charge in [0.2, 0.25) is 0 Å². The van der Waals surface area contributed by atoms with Crippen molar-refractivity contribution in [3.63, 3.8) is 0 Å². The Balaban J connectivity index is 1.94. The van der Waals surface area contributed by atoms with E-state index in [1.807, 2.05) is 13.0 Å². The van der Waals surface area contributed by atoms with Crippen molar-refractivity contribution < 1.29 is 12.6 Å². The molecule has 4 heteroatoms. The zero-order valence-electron chi connectivity index (χ0n) is 16.4. The molecule has 0 aliphatic carbocycles. The second kappa shape index (κ2) is 14.0. The van der Waals surface area contributed by atoms with Crippen molar-refractivity contribution in [3.05, 3.63) is 42.5 Å². The van der Waals surface area contributed by atoms with E-state index >= 15 is 0 Å². The molecule has 0 N–H and O–H groups in total. The number of unbranched alkanes of at least 4 members (excludes halogenated alkanes) is 11. The Morgan fingerprint density at radius 3 is 1.77 bits per heavy atom. The molecule has 0 heterocycles. The third-order valence-corrected chi connectivity index (χ3v) is 5.93. The van der Waals surface area contributed by atoms with Gasteiger partial charge in [-0.05, 0) is 38.3 Å². The first kappa shape index (κ1) is 22.9. The van der Waals surface area contributed by atoms with Crippen LogP contribution in [0.4, 0.5) is 0 Å². The van der Waals surface area contributed by atoms with Gasteiger partial charge in [-0.15, -0.1) is 6.58 Å². The van der Waals surface area contributed by atoms with Crippen molar-refractivity contribution in [1.82, 2.24) is 0 Å². The first-order chi connectivity index (χ1) is 12.6. The molecule has 0 amide bonds. The lowest BCUT2D eigenvalue weighted by molar-refractivity contribution is 0.306. The number of hydrogen-bond acceptors (Lipinski definition) is 3. The largest absolute Gasteiger partial charge is 0.296 e. The van der Waals surface area contributed by atoms with Gasteiger partial charge in [0.15, 0.2) is 0 Å². The van der Waals surface area contributed by atoms with Crippen LogP contribution in [0.5, 0.6) is 0 Å². The van der Waals surface area contributed by atoms with Crippen LogP contribution in [0.1, 0.15) is 82.6 Å². The first-order valence-electron chi connectivity index (χ1n) is 10.1. The normalized spacial score (nSPS) is 11.6. The Morgan fingerprint density at radius 2 is 1.27 bits per heavy atom. The highest BCUT2D eigenvalue weighted by molar-refractivity contribution is 7.86. The number of rotatable bonds is 16. The van der Waals surface area contributed by atoms with Crippen molar-refractivity contribution in [3.8, 4) is 0 Å². The Kier molecular flexibility index (Phi) is 12.3. The van der Waals surface area contributed by atoms with E-state index in [1.165, 1.54) is 51.4 Å². The molecule has 0 aliphatic rings. The van der Waals surface area contributed by atoms with Crippen LogP contribution in [0.2, 0.25) is 0 Å². The maximum absolute atomic E-state index is 12.0. The molecule has 1 aromatic carbocycles. The van der Waals surface area contributed by atoms with Gasteiger partial charge in [-0.25, -0.2) is 0 Å². The fourth-order valence-corrected chi connectivity index (χ4v) is 3.87. The quantitative estimate of drug-likeness (QED) is 0.185. The summed E-state index contributed by atoms with van der Waals surface area (Å²) in [5.74, 6) is 0. The van der Waals surface area contributed by atoms with Crippen LogP contribution >= 0.6 is 0 Å². The van der Waals surface area contributed by atoms with E-state index in [2.05, 4.69) is 6.58 Å². The molecule has 0 unspecified atom stereocenters. The minimum absolute atomic E-state index is 0.243. The lowest BCUT2D eigenvalue weighted by atomic mass is 10.1. The number of allylic oxidation sites excluding steroid dienone is 1. The molecule has 0 aromatic heterocycles. The number of benzene rings is 1. The van der Waals surface area contributed by atoms with Gasteiger partial charge in [0, 0.05) is 0 Å². The predicted octanol–water partition coefficient (Wildman–Crippen LogP) is 6.57. The van der Waals surface area contributed by atoms with Gasteiger partial charge in [-0.1, -0.05) is 81.6 Å².